The number of benzene rings is 4. The molecule has 59 heavy (non-hydrogen) atoms. The van der Waals surface area contributed by atoms with Crippen LogP contribution in [0, 0.1) is 0 Å². The predicted molar refractivity (Wildman–Crippen MR) is 271 cm³/mol. The van der Waals surface area contributed by atoms with Crippen molar-refractivity contribution in [2.45, 2.75) is 209 Å². The van der Waals surface area contributed by atoms with E-state index in [-0.39, 0.29) is 43.3 Å². The van der Waals surface area contributed by atoms with Gasteiger partial charge in [-0.15, -0.1) is 0 Å². The van der Waals surface area contributed by atoms with Crippen molar-refractivity contribution in [1.82, 2.24) is 0 Å². The van der Waals surface area contributed by atoms with E-state index < -0.39 is 0 Å². The van der Waals surface area contributed by atoms with Crippen molar-refractivity contribution in [3.8, 4) is 0 Å². The predicted octanol–water partition coefficient (Wildman–Crippen LogP) is 17.5. The van der Waals surface area contributed by atoms with Crippen LogP contribution in [-0.4, -0.2) is 0 Å². The lowest BCUT2D eigenvalue weighted by atomic mass is 9.80. The summed E-state index contributed by atoms with van der Waals surface area (Å²) in [6.07, 6.45) is 0. The number of nitrogens with one attached hydrogen (secondary N) is 1. The first-order valence-corrected chi connectivity index (χ1v) is 22.7. The zero-order valence-electron chi connectivity index (χ0n) is 42.4. The van der Waals surface area contributed by atoms with Crippen molar-refractivity contribution in [3.63, 3.8) is 0 Å². The fourth-order valence-electron chi connectivity index (χ4n) is 6.27. The van der Waals surface area contributed by atoms with Gasteiger partial charge in [0.2, 0.25) is 0 Å². The Balaban J connectivity index is 0.000000336. The molecule has 0 saturated heterocycles. The van der Waals surface area contributed by atoms with Crippen molar-refractivity contribution in [2.24, 2.45) is 0 Å². The summed E-state index contributed by atoms with van der Waals surface area (Å²) in [5, 5.41) is 3.75. The van der Waals surface area contributed by atoms with E-state index >= 15 is 0 Å². The van der Waals surface area contributed by atoms with E-state index in [2.05, 4.69) is 260 Å². The van der Waals surface area contributed by atoms with E-state index in [0.717, 1.165) is 5.69 Å². The molecule has 328 valence electrons. The van der Waals surface area contributed by atoms with Crippen molar-refractivity contribution in [2.75, 3.05) is 11.1 Å². The number of hydrogen-bond donors (Lipinski definition) is 2. The molecule has 0 amide bonds. The van der Waals surface area contributed by atoms with Gasteiger partial charge in [-0.25, -0.2) is 0 Å². The minimum absolute atomic E-state index is 0.113. The molecular weight excluding hydrogens is 781 g/mol. The van der Waals surface area contributed by atoms with Gasteiger partial charge in [0, 0.05) is 21.5 Å². The Hall–Kier alpha value is -3.04. The first-order valence-electron chi connectivity index (χ1n) is 21.9. The molecule has 4 rings (SSSR count). The Bertz CT molecular complexity index is 1730. The van der Waals surface area contributed by atoms with E-state index in [1.807, 2.05) is 0 Å². The van der Waals surface area contributed by atoms with E-state index in [1.54, 1.807) is 0 Å². The SMILES string of the molecule is CC(C)(C)c1cc(Br)cc(C(C)(C)C)c1.CC(C)(C)c1cc(N)cc(C(C)(C)C)c1.CC(C)(C)c1cc(Nc2cc(C(C)(C)C)cc(C(C)(C)C)c2)cc(C(C)(C)C)c1. The Morgan fingerprint density at radius 3 is 0.644 bits per heavy atom. The highest BCUT2D eigenvalue weighted by atomic mass is 79.9. The standard InChI is InChI=1S/C28H43N.C14H21Br.C14H23N/c1-25(2,3)19-13-20(26(4,5)6)16-23(15-19)29-24-17-21(27(7,8)9)14-22(18-24)28(10,11)12;2*1-13(2,3)10-7-11(14(4,5)6)9-12(15)8-10/h13-18,29H,1-12H3;7-9H,1-6H3;7-9H,15H2,1-6H3. The molecule has 0 aromatic heterocycles. The number of nitrogen functional groups attached to an aromatic ring is 1. The number of rotatable bonds is 2. The molecule has 0 bridgehead atoms. The molecule has 0 radical (unpaired) electrons. The van der Waals surface area contributed by atoms with Gasteiger partial charge in [-0.1, -0.05) is 206 Å². The molecule has 0 aliphatic heterocycles. The smallest absolute Gasteiger partial charge is 0.0390 e. The van der Waals surface area contributed by atoms with Gasteiger partial charge in [0.15, 0.2) is 0 Å². The molecule has 3 N–H and O–H groups in total. The second-order valence-electron chi connectivity index (χ2n) is 25.3. The Morgan fingerprint density at radius 1 is 0.288 bits per heavy atom. The van der Waals surface area contributed by atoms with Gasteiger partial charge in [-0.05, 0) is 136 Å². The Morgan fingerprint density at radius 2 is 0.458 bits per heavy atom. The van der Waals surface area contributed by atoms with Crippen LogP contribution < -0.4 is 11.1 Å². The third-order valence-corrected chi connectivity index (χ3v) is 11.4. The zero-order valence-corrected chi connectivity index (χ0v) is 44.0. The van der Waals surface area contributed by atoms with Gasteiger partial charge in [0.1, 0.15) is 0 Å². The van der Waals surface area contributed by atoms with Crippen LogP contribution in [0.2, 0.25) is 0 Å². The highest BCUT2D eigenvalue weighted by Crippen LogP contribution is 2.37. The van der Waals surface area contributed by atoms with Crippen LogP contribution >= 0.6 is 15.9 Å². The number of anilines is 3. The second kappa shape index (κ2) is 18.1. The van der Waals surface area contributed by atoms with E-state index in [9.17, 15) is 0 Å². The molecule has 0 unspecified atom stereocenters. The zero-order chi connectivity index (χ0) is 46.1. The molecule has 0 atom stereocenters. The third-order valence-electron chi connectivity index (χ3n) is 10.9. The molecule has 4 aromatic rings. The molecule has 0 aliphatic rings. The van der Waals surface area contributed by atoms with E-state index in [1.165, 1.54) is 60.4 Å². The van der Waals surface area contributed by atoms with Crippen LogP contribution in [0.1, 0.15) is 211 Å². The Kier molecular flexibility index (Phi) is 16.0. The van der Waals surface area contributed by atoms with E-state index in [4.69, 9.17) is 5.73 Å². The Labute approximate surface area is 373 Å². The normalized spacial score (nSPS) is 13.2. The van der Waals surface area contributed by atoms with Crippen LogP contribution in [0.25, 0.3) is 0 Å². The largest absolute Gasteiger partial charge is 0.399 e. The fraction of sp³-hybridized carbons (Fsp3) is 0.571. The average Bonchev–Trinajstić information content (AvgIpc) is 3.01. The summed E-state index contributed by atoms with van der Waals surface area (Å²) in [6.45, 7) is 54.3. The fourth-order valence-corrected chi connectivity index (χ4v) is 6.76. The van der Waals surface area contributed by atoms with Gasteiger partial charge in [-0.2, -0.15) is 0 Å². The van der Waals surface area contributed by atoms with Crippen LogP contribution in [0.15, 0.2) is 77.3 Å². The van der Waals surface area contributed by atoms with Gasteiger partial charge in [0.25, 0.3) is 0 Å². The molecule has 4 aromatic carbocycles. The number of halogens is 1. The topological polar surface area (TPSA) is 38.0 Å². The van der Waals surface area contributed by atoms with Crippen molar-refractivity contribution in [3.05, 3.63) is 122 Å². The maximum Gasteiger partial charge on any atom is 0.0390 e. The second-order valence-corrected chi connectivity index (χ2v) is 26.2. The summed E-state index contributed by atoms with van der Waals surface area (Å²) in [5.74, 6) is 0. The average molecular weight is 868 g/mol. The maximum atomic E-state index is 5.95. The number of hydrogen-bond acceptors (Lipinski definition) is 2. The third kappa shape index (κ3) is 16.4. The minimum atomic E-state index is 0.113. The minimum Gasteiger partial charge on any atom is -0.399 e. The number of nitrogens with two attached hydrogens (primary N) is 1. The van der Waals surface area contributed by atoms with Crippen LogP contribution in [-0.2, 0) is 43.3 Å². The molecule has 0 spiro atoms. The molecule has 0 aliphatic carbocycles. The summed E-state index contributed by atoms with van der Waals surface area (Å²) in [6, 6.07) is 27.2. The lowest BCUT2D eigenvalue weighted by molar-refractivity contribution is 0.567. The summed E-state index contributed by atoms with van der Waals surface area (Å²) in [5.41, 5.74) is 21.3. The first kappa shape index (κ1) is 52.1. The van der Waals surface area contributed by atoms with Gasteiger partial charge in [0.05, 0.1) is 0 Å². The quantitative estimate of drug-likeness (QED) is 0.197. The maximum absolute atomic E-state index is 5.95. The van der Waals surface area contributed by atoms with Crippen LogP contribution in [0.5, 0.6) is 0 Å². The summed E-state index contributed by atoms with van der Waals surface area (Å²) >= 11 is 3.60. The van der Waals surface area contributed by atoms with Crippen molar-refractivity contribution < 1.29 is 0 Å². The molecule has 0 saturated carbocycles. The van der Waals surface area contributed by atoms with Crippen molar-refractivity contribution >= 4 is 33.0 Å². The lowest BCUT2D eigenvalue weighted by Gasteiger charge is -2.28. The molecule has 0 fully saturated rings. The first-order chi connectivity index (χ1) is 26.1. The van der Waals surface area contributed by atoms with Gasteiger partial charge in [-0.3, -0.25) is 0 Å². The molecule has 0 heterocycles. The van der Waals surface area contributed by atoms with Crippen LogP contribution in [0.4, 0.5) is 17.1 Å². The molecular formula is C56H87BrN2. The highest BCUT2D eigenvalue weighted by Gasteiger charge is 2.24. The van der Waals surface area contributed by atoms with Gasteiger partial charge < -0.3 is 11.1 Å². The van der Waals surface area contributed by atoms with Crippen LogP contribution in [0.3, 0.4) is 0 Å². The van der Waals surface area contributed by atoms with E-state index in [0.29, 0.717) is 0 Å². The summed E-state index contributed by atoms with van der Waals surface area (Å²) in [4.78, 5) is 0. The summed E-state index contributed by atoms with van der Waals surface area (Å²) in [7, 11) is 0. The lowest BCUT2D eigenvalue weighted by Crippen LogP contribution is -2.18. The highest BCUT2D eigenvalue weighted by molar-refractivity contribution is 9.10. The van der Waals surface area contributed by atoms with Gasteiger partial charge >= 0.3 is 0 Å². The summed E-state index contributed by atoms with van der Waals surface area (Å²) < 4.78 is 1.18. The molecule has 3 heteroatoms. The van der Waals surface area contributed by atoms with Crippen molar-refractivity contribution in [1.29, 1.82) is 0 Å². The molecule has 2 nitrogen and oxygen atoms in total. The monoisotopic (exact) mass is 867 g/mol.